The number of amides is 2. The number of methoxy groups -OCH3 is 2. The van der Waals surface area contributed by atoms with Gasteiger partial charge in [0.05, 0.1) is 33.1 Å². The number of benzene rings is 2. The number of carbonyl (C=O) groups is 1. The quantitative estimate of drug-likeness (QED) is 0.624. The average Bonchev–Trinajstić information content (AvgIpc) is 2.83. The maximum atomic E-state index is 12.5. The second-order valence-electron chi connectivity index (χ2n) is 6.44. The molecule has 1 unspecified atom stereocenters. The number of hydrazone groups is 1. The SMILES string of the molecule is CONC(=O)N1N=C(c2ccc(N)cc2)c2cc(OC)c(OC)cc2CC1C. The van der Waals surface area contributed by atoms with Gasteiger partial charge in [-0.3, -0.25) is 4.84 Å². The summed E-state index contributed by atoms with van der Waals surface area (Å²) >= 11 is 0. The Morgan fingerprint density at radius 2 is 1.79 bits per heavy atom. The number of nitrogens with zero attached hydrogens (tertiary/aromatic N) is 2. The highest BCUT2D eigenvalue weighted by Gasteiger charge is 2.28. The zero-order valence-corrected chi connectivity index (χ0v) is 16.4. The molecule has 1 aliphatic heterocycles. The van der Waals surface area contributed by atoms with Crippen molar-refractivity contribution >= 4 is 17.4 Å². The fourth-order valence-corrected chi connectivity index (χ4v) is 3.21. The van der Waals surface area contributed by atoms with Crippen LogP contribution in [0.5, 0.6) is 11.5 Å². The molecule has 2 amide bonds. The number of nitrogen functional groups attached to an aromatic ring is 1. The van der Waals surface area contributed by atoms with Crippen molar-refractivity contribution in [3.63, 3.8) is 0 Å². The van der Waals surface area contributed by atoms with E-state index in [1.54, 1.807) is 26.4 Å². The topological polar surface area (TPSA) is 98.4 Å². The molecule has 0 aromatic heterocycles. The van der Waals surface area contributed by atoms with Crippen LogP contribution in [0.15, 0.2) is 41.5 Å². The Bertz CT molecular complexity index is 896. The molecule has 8 nitrogen and oxygen atoms in total. The molecule has 148 valence electrons. The number of hydrogen-bond acceptors (Lipinski definition) is 6. The number of urea groups is 1. The minimum Gasteiger partial charge on any atom is -0.493 e. The monoisotopic (exact) mass is 384 g/mol. The van der Waals surface area contributed by atoms with Gasteiger partial charge in [-0.15, -0.1) is 0 Å². The maximum absolute atomic E-state index is 12.5. The van der Waals surface area contributed by atoms with Crippen LogP contribution in [-0.4, -0.2) is 44.1 Å². The Morgan fingerprint density at radius 3 is 2.39 bits per heavy atom. The minimum atomic E-state index is -0.449. The van der Waals surface area contributed by atoms with E-state index in [1.165, 1.54) is 12.1 Å². The Morgan fingerprint density at radius 1 is 1.14 bits per heavy atom. The number of hydroxylamine groups is 1. The van der Waals surface area contributed by atoms with Crippen LogP contribution < -0.4 is 20.7 Å². The summed E-state index contributed by atoms with van der Waals surface area (Å²) < 4.78 is 10.9. The van der Waals surface area contributed by atoms with Crippen molar-refractivity contribution in [3.8, 4) is 11.5 Å². The van der Waals surface area contributed by atoms with Gasteiger partial charge in [-0.05, 0) is 43.2 Å². The molecule has 0 aliphatic carbocycles. The van der Waals surface area contributed by atoms with Gasteiger partial charge in [0, 0.05) is 16.8 Å². The second kappa shape index (κ2) is 8.18. The van der Waals surface area contributed by atoms with Crippen molar-refractivity contribution in [1.82, 2.24) is 10.5 Å². The summed E-state index contributed by atoms with van der Waals surface area (Å²) in [6.07, 6.45) is 0.578. The Labute approximate surface area is 163 Å². The molecular weight excluding hydrogens is 360 g/mol. The first-order valence-electron chi connectivity index (χ1n) is 8.80. The van der Waals surface area contributed by atoms with Gasteiger partial charge in [0.15, 0.2) is 11.5 Å². The Hall–Kier alpha value is -3.26. The van der Waals surface area contributed by atoms with Gasteiger partial charge in [-0.25, -0.2) is 15.3 Å². The van der Waals surface area contributed by atoms with E-state index in [1.807, 2.05) is 31.2 Å². The van der Waals surface area contributed by atoms with E-state index < -0.39 is 6.03 Å². The second-order valence-corrected chi connectivity index (χ2v) is 6.44. The van der Waals surface area contributed by atoms with Crippen molar-refractivity contribution < 1.29 is 19.1 Å². The lowest BCUT2D eigenvalue weighted by Gasteiger charge is -2.22. The van der Waals surface area contributed by atoms with Crippen molar-refractivity contribution in [2.45, 2.75) is 19.4 Å². The summed E-state index contributed by atoms with van der Waals surface area (Å²) in [5, 5.41) is 6.05. The minimum absolute atomic E-state index is 0.210. The standard InChI is InChI=1S/C20H24N4O4/c1-12-9-14-10-17(26-2)18(27-3)11-16(14)19(13-5-7-15(21)8-6-13)22-24(12)20(25)23-28-4/h5-8,10-12H,9,21H2,1-4H3,(H,23,25). The van der Waals surface area contributed by atoms with Crippen LogP contribution in [-0.2, 0) is 11.3 Å². The van der Waals surface area contributed by atoms with Crippen LogP contribution in [0.2, 0.25) is 0 Å². The predicted octanol–water partition coefficient (Wildman–Crippen LogP) is 2.56. The van der Waals surface area contributed by atoms with E-state index in [2.05, 4.69) is 10.6 Å². The summed E-state index contributed by atoms with van der Waals surface area (Å²) in [5.74, 6) is 1.21. The molecule has 0 spiro atoms. The van der Waals surface area contributed by atoms with Crippen LogP contribution in [0.4, 0.5) is 10.5 Å². The molecule has 0 saturated carbocycles. The van der Waals surface area contributed by atoms with Gasteiger partial charge < -0.3 is 15.2 Å². The molecule has 2 aromatic carbocycles. The molecule has 0 radical (unpaired) electrons. The van der Waals surface area contributed by atoms with Gasteiger partial charge in [0.1, 0.15) is 0 Å². The number of hydrogen-bond donors (Lipinski definition) is 2. The highest BCUT2D eigenvalue weighted by Crippen LogP contribution is 2.34. The van der Waals surface area contributed by atoms with E-state index in [0.717, 1.165) is 16.7 Å². The molecule has 8 heteroatoms. The lowest BCUT2D eigenvalue weighted by Crippen LogP contribution is -2.42. The molecule has 3 N–H and O–H groups in total. The third kappa shape index (κ3) is 3.72. The summed E-state index contributed by atoms with van der Waals surface area (Å²) in [6, 6.07) is 10.5. The van der Waals surface area contributed by atoms with E-state index >= 15 is 0 Å². The largest absolute Gasteiger partial charge is 0.493 e. The average molecular weight is 384 g/mol. The van der Waals surface area contributed by atoms with E-state index in [-0.39, 0.29) is 6.04 Å². The van der Waals surface area contributed by atoms with Gasteiger partial charge in [0.2, 0.25) is 0 Å². The van der Waals surface area contributed by atoms with Gasteiger partial charge in [-0.1, -0.05) is 12.1 Å². The smallest absolute Gasteiger partial charge is 0.361 e. The zero-order valence-electron chi connectivity index (χ0n) is 16.4. The van der Waals surface area contributed by atoms with E-state index in [4.69, 9.17) is 20.0 Å². The first kappa shape index (κ1) is 19.5. The van der Waals surface area contributed by atoms with E-state index in [0.29, 0.717) is 29.3 Å². The van der Waals surface area contributed by atoms with Crippen molar-refractivity contribution in [1.29, 1.82) is 0 Å². The molecule has 1 heterocycles. The number of nitrogens with two attached hydrogens (primary N) is 1. The fraction of sp³-hybridized carbons (Fsp3) is 0.300. The normalized spacial score (nSPS) is 15.9. The summed E-state index contributed by atoms with van der Waals surface area (Å²) in [4.78, 5) is 17.3. The molecule has 0 bridgehead atoms. The van der Waals surface area contributed by atoms with Crippen LogP contribution >= 0.6 is 0 Å². The lowest BCUT2D eigenvalue weighted by molar-refractivity contribution is 0.0805. The first-order chi connectivity index (χ1) is 13.5. The van der Waals surface area contributed by atoms with Crippen molar-refractivity contribution in [3.05, 3.63) is 53.1 Å². The number of ether oxygens (including phenoxy) is 2. The predicted molar refractivity (Wildman–Crippen MR) is 107 cm³/mol. The van der Waals surface area contributed by atoms with Crippen molar-refractivity contribution in [2.75, 3.05) is 27.1 Å². The Kier molecular flexibility index (Phi) is 5.70. The number of anilines is 1. The zero-order chi connectivity index (χ0) is 20.3. The molecule has 28 heavy (non-hydrogen) atoms. The van der Waals surface area contributed by atoms with Crippen LogP contribution in [0, 0.1) is 0 Å². The summed E-state index contributed by atoms with van der Waals surface area (Å²) in [5.41, 5.74) is 12.1. The van der Waals surface area contributed by atoms with Crippen LogP contribution in [0.25, 0.3) is 0 Å². The van der Waals surface area contributed by atoms with Crippen LogP contribution in [0.3, 0.4) is 0 Å². The van der Waals surface area contributed by atoms with Gasteiger partial charge >= 0.3 is 6.03 Å². The highest BCUT2D eigenvalue weighted by molar-refractivity contribution is 6.14. The molecule has 1 aliphatic rings. The van der Waals surface area contributed by atoms with Crippen LogP contribution in [0.1, 0.15) is 23.6 Å². The molecule has 3 rings (SSSR count). The number of carbonyl (C=O) groups excluding carboxylic acids is 1. The van der Waals surface area contributed by atoms with Crippen molar-refractivity contribution in [2.24, 2.45) is 5.10 Å². The maximum Gasteiger partial charge on any atom is 0.361 e. The number of rotatable bonds is 4. The highest BCUT2D eigenvalue weighted by atomic mass is 16.6. The third-order valence-electron chi connectivity index (χ3n) is 4.59. The molecule has 2 aromatic rings. The van der Waals surface area contributed by atoms with E-state index in [9.17, 15) is 4.79 Å². The van der Waals surface area contributed by atoms with Gasteiger partial charge in [0.25, 0.3) is 0 Å². The fourth-order valence-electron chi connectivity index (χ4n) is 3.21. The molecule has 0 fully saturated rings. The number of fused-ring (bicyclic) bond motifs is 1. The first-order valence-corrected chi connectivity index (χ1v) is 8.80. The molecule has 1 atom stereocenters. The Balaban J connectivity index is 2.21. The third-order valence-corrected chi connectivity index (χ3v) is 4.59. The molecular formula is C20H24N4O4. The number of nitrogens with one attached hydrogen (secondary N) is 1. The van der Waals surface area contributed by atoms with Gasteiger partial charge in [-0.2, -0.15) is 5.10 Å². The molecule has 0 saturated heterocycles. The summed E-state index contributed by atoms with van der Waals surface area (Å²) in [6.45, 7) is 1.92. The lowest BCUT2D eigenvalue weighted by atomic mass is 9.94. The summed E-state index contributed by atoms with van der Waals surface area (Å²) in [7, 11) is 4.56.